The minimum atomic E-state index is -1.82. The zero-order valence-electron chi connectivity index (χ0n) is 28.2. The molecule has 0 spiro atoms. The molecule has 3 heteroatoms. The zero-order valence-corrected chi connectivity index (χ0v) is 29.0. The molecule has 0 saturated carbocycles. The van der Waals surface area contributed by atoms with Crippen molar-refractivity contribution < 1.29 is 0 Å². The molecule has 1 nitrogen and oxygen atoms in total. The fraction of sp³-hybridized carbons (Fsp3) is 0.0417. The highest BCUT2D eigenvalue weighted by atomic mass is 32.3. The monoisotopic (exact) mass is 665 g/mol. The van der Waals surface area contributed by atoms with E-state index in [2.05, 4.69) is 181 Å². The first kappa shape index (κ1) is 28.0. The summed E-state index contributed by atoms with van der Waals surface area (Å²) in [7, 11) is -1.82. The number of nitrogens with zero attached hydrogens (tertiary/aromatic N) is 1. The number of hydrogen-bond acceptors (Lipinski definition) is 0. The summed E-state index contributed by atoms with van der Waals surface area (Å²) in [4.78, 5) is 5.72. The highest BCUT2D eigenvalue weighted by Crippen LogP contribution is 2.78. The smallest absolute Gasteiger partial charge is 0.329 e. The molecule has 1 unspecified atom stereocenters. The van der Waals surface area contributed by atoms with Crippen LogP contribution in [0.1, 0.15) is 28.2 Å². The summed E-state index contributed by atoms with van der Waals surface area (Å²) >= 11 is 0. The van der Waals surface area contributed by atoms with Crippen LogP contribution in [0.25, 0.3) is 43.7 Å². The van der Waals surface area contributed by atoms with Crippen LogP contribution in [-0.2, 0) is 0 Å². The highest BCUT2D eigenvalue weighted by Gasteiger charge is 2.50. The molecule has 1 atom stereocenters. The first-order valence-electron chi connectivity index (χ1n) is 18.0. The summed E-state index contributed by atoms with van der Waals surface area (Å²) in [5, 5.41) is 5.25. The van der Waals surface area contributed by atoms with Gasteiger partial charge in [0.1, 0.15) is 0 Å². The number of para-hydroxylation sites is 1. The van der Waals surface area contributed by atoms with Gasteiger partial charge in [-0.3, -0.25) is 0 Å². The lowest BCUT2D eigenvalue weighted by molar-refractivity contribution is 0.890. The lowest BCUT2D eigenvalue weighted by Gasteiger charge is -2.51. The number of aryl methyl sites for hydroxylation is 1. The average Bonchev–Trinajstić information content (AvgIpc) is 3.50. The molecule has 8 aromatic carbocycles. The van der Waals surface area contributed by atoms with Gasteiger partial charge in [-0.15, -0.1) is 10.0 Å². The Morgan fingerprint density at radius 3 is 1.98 bits per heavy atom. The first-order valence-corrected chi connectivity index (χ1v) is 19.6. The number of hydrogen-bond donors (Lipinski definition) is 0. The predicted octanol–water partition coefficient (Wildman–Crippen LogP) is 11.0. The quantitative estimate of drug-likeness (QED) is 0.162. The van der Waals surface area contributed by atoms with Crippen LogP contribution in [0.2, 0.25) is 0 Å². The number of rotatable bonds is 2. The summed E-state index contributed by atoms with van der Waals surface area (Å²) in [5.74, 6) is 0.147. The topological polar surface area (TPSA) is 4.93 Å². The van der Waals surface area contributed by atoms with Crippen LogP contribution >= 0.6 is 10.0 Å². The lowest BCUT2D eigenvalue weighted by Crippen LogP contribution is -2.58. The van der Waals surface area contributed by atoms with E-state index in [0.717, 1.165) is 0 Å². The van der Waals surface area contributed by atoms with E-state index in [1.807, 2.05) is 0 Å². The summed E-state index contributed by atoms with van der Waals surface area (Å²) in [5.41, 5.74) is 14.1. The van der Waals surface area contributed by atoms with Crippen LogP contribution in [0, 0.1) is 6.92 Å². The Bertz CT molecular complexity index is 2900. The second-order valence-corrected chi connectivity index (χ2v) is 17.5. The molecule has 12 rings (SSSR count). The van der Waals surface area contributed by atoms with E-state index in [1.54, 1.807) is 0 Å². The Hall–Kier alpha value is -5.77. The van der Waals surface area contributed by atoms with E-state index < -0.39 is 10.0 Å². The standard InChI is InChI=1S/C48H32BNS/c1-30-26-39-36-22-12-21-35-38-28-31-14-8-9-15-32(31)29-42(38)50(48(35)36)49-41-23-13-25-44-46(41)45(40(27-30)47(39)49)37-20-10-11-24-43(37)51(44,33-16-4-2-5-17-33)34-18-6-3-7-19-34/h2-29,45H,1H3. The first-order chi connectivity index (χ1) is 25.2. The maximum Gasteiger partial charge on any atom is 0.329 e. The molecule has 0 bridgehead atoms. The molecule has 0 radical (unpaired) electrons. The van der Waals surface area contributed by atoms with Gasteiger partial charge in [0, 0.05) is 52.9 Å². The molecule has 1 aromatic heterocycles. The van der Waals surface area contributed by atoms with E-state index in [0.29, 0.717) is 0 Å². The van der Waals surface area contributed by atoms with Gasteiger partial charge in [0.15, 0.2) is 0 Å². The van der Waals surface area contributed by atoms with Crippen LogP contribution < -0.4 is 10.9 Å². The van der Waals surface area contributed by atoms with Gasteiger partial charge in [0.05, 0.1) is 0 Å². The van der Waals surface area contributed by atoms with Crippen molar-refractivity contribution in [3.63, 3.8) is 0 Å². The van der Waals surface area contributed by atoms with Crippen LogP contribution in [0.3, 0.4) is 0 Å². The molecule has 0 saturated heterocycles. The Labute approximate surface area is 299 Å². The summed E-state index contributed by atoms with van der Waals surface area (Å²) in [6.07, 6.45) is 0. The van der Waals surface area contributed by atoms with Crippen molar-refractivity contribution in [1.29, 1.82) is 0 Å². The van der Waals surface area contributed by atoms with E-state index in [-0.39, 0.29) is 12.8 Å². The minimum absolute atomic E-state index is 0.0618. The van der Waals surface area contributed by atoms with Gasteiger partial charge in [-0.1, -0.05) is 127 Å². The molecule has 51 heavy (non-hydrogen) atoms. The maximum absolute atomic E-state index is 2.72. The fourth-order valence-electron chi connectivity index (χ4n) is 10.1. The second kappa shape index (κ2) is 9.93. The van der Waals surface area contributed by atoms with Gasteiger partial charge >= 0.3 is 6.85 Å². The summed E-state index contributed by atoms with van der Waals surface area (Å²) < 4.78 is 2.72. The fourth-order valence-corrected chi connectivity index (χ4v) is 14.5. The van der Waals surface area contributed by atoms with Gasteiger partial charge in [-0.2, -0.15) is 0 Å². The lowest BCUT2D eigenvalue weighted by atomic mass is 9.41. The molecular weight excluding hydrogens is 633 g/mol. The van der Waals surface area contributed by atoms with Crippen molar-refractivity contribution in [2.75, 3.05) is 0 Å². The van der Waals surface area contributed by atoms with Crippen molar-refractivity contribution in [1.82, 2.24) is 4.48 Å². The highest BCUT2D eigenvalue weighted by molar-refractivity contribution is 8.34. The summed E-state index contributed by atoms with van der Waals surface area (Å²) in [6.45, 7) is 2.36. The predicted molar refractivity (Wildman–Crippen MR) is 215 cm³/mol. The largest absolute Gasteiger partial charge is 0.375 e. The van der Waals surface area contributed by atoms with E-state index >= 15 is 0 Å². The van der Waals surface area contributed by atoms with Crippen LogP contribution in [0.15, 0.2) is 189 Å². The number of fused-ring (bicyclic) bond motifs is 10. The zero-order chi connectivity index (χ0) is 33.4. The van der Waals surface area contributed by atoms with Gasteiger partial charge in [-0.25, -0.2) is 0 Å². The molecule has 238 valence electrons. The Balaban J connectivity index is 1.29. The molecule has 3 aliphatic rings. The van der Waals surface area contributed by atoms with Crippen molar-refractivity contribution in [2.45, 2.75) is 32.4 Å². The third-order valence-corrected chi connectivity index (χ3v) is 16.0. The van der Waals surface area contributed by atoms with Gasteiger partial charge in [0.25, 0.3) is 0 Å². The molecule has 0 amide bonds. The van der Waals surface area contributed by atoms with Crippen molar-refractivity contribution in [3.8, 4) is 11.1 Å². The average molecular weight is 666 g/mol. The molecule has 0 N–H and O–H groups in total. The number of benzene rings is 8. The van der Waals surface area contributed by atoms with Crippen LogP contribution in [-0.4, -0.2) is 11.3 Å². The van der Waals surface area contributed by atoms with Gasteiger partial charge in [-0.05, 0) is 99.4 Å². The molecular formula is C48H32BNS. The minimum Gasteiger partial charge on any atom is -0.375 e. The summed E-state index contributed by atoms with van der Waals surface area (Å²) in [6, 6.07) is 65.2. The van der Waals surface area contributed by atoms with E-state index in [9.17, 15) is 0 Å². The van der Waals surface area contributed by atoms with Crippen LogP contribution in [0.4, 0.5) is 0 Å². The van der Waals surface area contributed by atoms with E-state index in [1.165, 1.54) is 96.5 Å². The molecule has 3 aliphatic heterocycles. The maximum atomic E-state index is 2.72. The Morgan fingerprint density at radius 1 is 0.529 bits per heavy atom. The van der Waals surface area contributed by atoms with Crippen molar-refractivity contribution in [2.24, 2.45) is 0 Å². The normalized spacial score (nSPS) is 16.5. The third kappa shape index (κ3) is 3.40. The molecule has 4 heterocycles. The van der Waals surface area contributed by atoms with Gasteiger partial charge < -0.3 is 4.48 Å². The second-order valence-electron chi connectivity index (χ2n) is 14.5. The molecule has 0 aliphatic carbocycles. The van der Waals surface area contributed by atoms with Crippen molar-refractivity contribution >= 4 is 60.4 Å². The van der Waals surface area contributed by atoms with Gasteiger partial charge in [0.2, 0.25) is 0 Å². The third-order valence-electron chi connectivity index (χ3n) is 11.9. The molecule has 9 aromatic rings. The Kier molecular flexibility index (Phi) is 5.45. The SMILES string of the molecule is Cc1cc2c3c(c1)C1c4ccccc4S(c4ccccc4)(c4ccccc4)c4cccc(c41)B3n1c3cc4ccccc4cc3c3cccc-2c31. The van der Waals surface area contributed by atoms with Crippen molar-refractivity contribution in [3.05, 3.63) is 192 Å². The molecule has 0 fully saturated rings. The number of aromatic nitrogens is 1. The van der Waals surface area contributed by atoms with Crippen LogP contribution in [0.5, 0.6) is 0 Å². The van der Waals surface area contributed by atoms with E-state index in [4.69, 9.17) is 0 Å². The Morgan fingerprint density at radius 2 is 1.20 bits per heavy atom.